The third-order valence-corrected chi connectivity index (χ3v) is 7.32. The summed E-state index contributed by atoms with van der Waals surface area (Å²) in [5.74, 6) is 0.0285. The Balaban J connectivity index is 1.46. The number of carboxylic acids is 1. The normalized spacial score (nSPS) is 15.4. The molecule has 7 nitrogen and oxygen atoms in total. The first kappa shape index (κ1) is 22.7. The fourth-order valence-corrected chi connectivity index (χ4v) is 5.32. The number of imidazole rings is 1. The molecule has 3 heterocycles. The van der Waals surface area contributed by atoms with E-state index in [0.29, 0.717) is 15.8 Å². The van der Waals surface area contributed by atoms with Gasteiger partial charge in [-0.25, -0.2) is 9.78 Å². The predicted octanol–water partition coefficient (Wildman–Crippen LogP) is 5.71. The minimum atomic E-state index is -1.04. The lowest BCUT2D eigenvalue weighted by Gasteiger charge is -2.23. The number of ether oxygens (including phenoxy) is 2. The highest BCUT2D eigenvalue weighted by Gasteiger charge is 2.22. The molecule has 2 N–H and O–H groups in total. The van der Waals surface area contributed by atoms with Crippen molar-refractivity contribution < 1.29 is 19.4 Å². The predicted molar refractivity (Wildman–Crippen MR) is 133 cm³/mol. The van der Waals surface area contributed by atoms with Gasteiger partial charge in [0.1, 0.15) is 35.0 Å². The molecule has 5 rings (SSSR count). The van der Waals surface area contributed by atoms with E-state index >= 15 is 0 Å². The van der Waals surface area contributed by atoms with Gasteiger partial charge in [-0.3, -0.25) is 4.57 Å². The Bertz CT molecular complexity index is 1330. The van der Waals surface area contributed by atoms with Gasteiger partial charge in [-0.15, -0.1) is 11.3 Å². The number of nitrogens with one attached hydrogen (secondary N) is 1. The molecule has 0 bridgehead atoms. The Kier molecular flexibility index (Phi) is 6.45. The van der Waals surface area contributed by atoms with E-state index in [2.05, 4.69) is 10.3 Å². The van der Waals surface area contributed by atoms with Gasteiger partial charge in [-0.1, -0.05) is 29.8 Å². The third-order valence-electron chi connectivity index (χ3n) is 5.87. The van der Waals surface area contributed by atoms with Gasteiger partial charge >= 0.3 is 5.97 Å². The Hall–Kier alpha value is -3.07. The number of carbonyl (C=O) groups is 1. The van der Waals surface area contributed by atoms with Crippen LogP contribution in [0.3, 0.4) is 0 Å². The molecule has 4 aromatic rings. The topological polar surface area (TPSA) is 85.6 Å². The summed E-state index contributed by atoms with van der Waals surface area (Å²) in [5.41, 5.74) is 2.44. The smallest absolute Gasteiger partial charge is 0.349 e. The molecule has 1 atom stereocenters. The van der Waals surface area contributed by atoms with Crippen LogP contribution in [-0.4, -0.2) is 39.8 Å². The number of aromatic nitrogens is 2. The molecular formula is C25H24ClN3O4S. The molecule has 0 saturated carbocycles. The van der Waals surface area contributed by atoms with Gasteiger partial charge in [-0.05, 0) is 51.1 Å². The van der Waals surface area contributed by atoms with Crippen LogP contribution in [0.4, 0.5) is 0 Å². The van der Waals surface area contributed by atoms with E-state index in [0.717, 1.165) is 59.6 Å². The lowest BCUT2D eigenvalue weighted by atomic mass is 10.1. The van der Waals surface area contributed by atoms with E-state index in [9.17, 15) is 9.90 Å². The number of nitrogens with zero attached hydrogens (tertiary/aromatic N) is 2. The minimum absolute atomic E-state index is 0.123. The SMILES string of the molecule is C[C@@H](Oc1cc(-n2cnc3ccc(OC4CCNCC4)cc32)sc1C(=O)O)c1ccccc1Cl. The maximum absolute atomic E-state index is 12.0. The van der Waals surface area contributed by atoms with E-state index in [-0.39, 0.29) is 11.0 Å². The average molecular weight is 498 g/mol. The first-order chi connectivity index (χ1) is 16.5. The zero-order valence-electron chi connectivity index (χ0n) is 18.5. The third kappa shape index (κ3) is 4.61. The van der Waals surface area contributed by atoms with Crippen molar-refractivity contribution in [1.29, 1.82) is 0 Å². The monoisotopic (exact) mass is 497 g/mol. The molecule has 9 heteroatoms. The second kappa shape index (κ2) is 9.66. The van der Waals surface area contributed by atoms with Crippen molar-refractivity contribution in [3.63, 3.8) is 0 Å². The minimum Gasteiger partial charge on any atom is -0.490 e. The molecule has 1 aliphatic rings. The van der Waals surface area contributed by atoms with Crippen LogP contribution in [0.15, 0.2) is 54.9 Å². The Labute approximate surface area is 205 Å². The van der Waals surface area contributed by atoms with E-state index in [1.807, 2.05) is 47.9 Å². The molecule has 34 heavy (non-hydrogen) atoms. The van der Waals surface area contributed by atoms with E-state index < -0.39 is 12.1 Å². The first-order valence-corrected chi connectivity index (χ1v) is 12.3. The Morgan fingerprint density at radius 3 is 2.79 bits per heavy atom. The van der Waals surface area contributed by atoms with E-state index in [1.165, 1.54) is 0 Å². The van der Waals surface area contributed by atoms with Gasteiger partial charge in [0.05, 0.1) is 11.0 Å². The second-order valence-corrected chi connectivity index (χ2v) is 9.63. The number of piperidine rings is 1. The van der Waals surface area contributed by atoms with Gasteiger partial charge in [0.15, 0.2) is 4.88 Å². The summed E-state index contributed by atoms with van der Waals surface area (Å²) < 4.78 is 14.1. The molecule has 0 radical (unpaired) electrons. The van der Waals surface area contributed by atoms with Crippen molar-refractivity contribution in [2.24, 2.45) is 0 Å². The molecule has 2 aromatic carbocycles. The molecule has 1 aliphatic heterocycles. The standard InChI is InChI=1S/C25H24ClN3O4S/c1-15(18-4-2-3-5-19(18)26)32-22-13-23(34-24(22)25(30)31)29-14-28-20-7-6-17(12-21(20)29)33-16-8-10-27-11-9-16/h2-7,12-16,27H,8-11H2,1H3,(H,30,31)/t15-/m1/s1. The van der Waals surface area contributed by atoms with Gasteiger partial charge in [0.2, 0.25) is 0 Å². The largest absolute Gasteiger partial charge is 0.490 e. The summed E-state index contributed by atoms with van der Waals surface area (Å²) in [5, 5.41) is 14.4. The number of benzene rings is 2. The van der Waals surface area contributed by atoms with Crippen LogP contribution in [0.2, 0.25) is 5.02 Å². The highest BCUT2D eigenvalue weighted by molar-refractivity contribution is 7.16. The number of halogens is 1. The van der Waals surface area contributed by atoms with Crippen molar-refractivity contribution in [3.05, 3.63) is 70.3 Å². The van der Waals surface area contributed by atoms with Gasteiger partial charge in [0, 0.05) is 22.7 Å². The average Bonchev–Trinajstić information content (AvgIpc) is 3.44. The van der Waals surface area contributed by atoms with Crippen LogP contribution in [0.5, 0.6) is 11.5 Å². The van der Waals surface area contributed by atoms with Gasteiger partial charge < -0.3 is 19.9 Å². The number of carboxylic acid groups (broad SMARTS) is 1. The summed E-state index contributed by atoms with van der Waals surface area (Å²) in [7, 11) is 0. The van der Waals surface area contributed by atoms with Gasteiger partial charge in [0.25, 0.3) is 0 Å². The molecule has 1 saturated heterocycles. The van der Waals surface area contributed by atoms with Gasteiger partial charge in [-0.2, -0.15) is 0 Å². The number of fused-ring (bicyclic) bond motifs is 1. The number of rotatable bonds is 7. The molecule has 176 valence electrons. The summed E-state index contributed by atoms with van der Waals surface area (Å²) in [6, 6.07) is 14.9. The number of aromatic carboxylic acids is 1. The van der Waals surface area contributed by atoms with Crippen LogP contribution in [0, 0.1) is 0 Å². The molecule has 2 aromatic heterocycles. The molecule has 0 unspecified atom stereocenters. The maximum Gasteiger partial charge on any atom is 0.349 e. The van der Waals surface area contributed by atoms with Crippen LogP contribution in [-0.2, 0) is 0 Å². The van der Waals surface area contributed by atoms with Crippen LogP contribution in [0.25, 0.3) is 16.0 Å². The van der Waals surface area contributed by atoms with Crippen molar-refractivity contribution in [3.8, 4) is 16.5 Å². The van der Waals surface area contributed by atoms with Crippen molar-refractivity contribution in [2.45, 2.75) is 32.0 Å². The number of hydrogen-bond acceptors (Lipinski definition) is 6. The van der Waals surface area contributed by atoms with Crippen molar-refractivity contribution in [1.82, 2.24) is 14.9 Å². The zero-order chi connectivity index (χ0) is 23.7. The number of hydrogen-bond donors (Lipinski definition) is 2. The van der Waals surface area contributed by atoms with Crippen LogP contribution >= 0.6 is 22.9 Å². The van der Waals surface area contributed by atoms with Crippen LogP contribution < -0.4 is 14.8 Å². The second-order valence-electron chi connectivity index (χ2n) is 8.20. The maximum atomic E-state index is 12.0. The summed E-state index contributed by atoms with van der Waals surface area (Å²) >= 11 is 7.44. The van der Waals surface area contributed by atoms with E-state index in [4.69, 9.17) is 21.1 Å². The quantitative estimate of drug-likeness (QED) is 0.340. The lowest BCUT2D eigenvalue weighted by Crippen LogP contribution is -2.34. The highest BCUT2D eigenvalue weighted by atomic mass is 35.5. The Morgan fingerprint density at radius 1 is 1.24 bits per heavy atom. The van der Waals surface area contributed by atoms with Crippen molar-refractivity contribution >= 4 is 39.9 Å². The summed E-state index contributed by atoms with van der Waals surface area (Å²) in [6.07, 6.45) is 3.39. The lowest BCUT2D eigenvalue weighted by molar-refractivity contribution is 0.0696. The highest BCUT2D eigenvalue weighted by Crippen LogP contribution is 2.37. The summed E-state index contributed by atoms with van der Waals surface area (Å²) in [4.78, 5) is 16.6. The molecule has 0 aliphatic carbocycles. The van der Waals surface area contributed by atoms with Crippen molar-refractivity contribution in [2.75, 3.05) is 13.1 Å². The molecule has 0 spiro atoms. The number of thiophene rings is 1. The summed E-state index contributed by atoms with van der Waals surface area (Å²) in [6.45, 7) is 3.75. The molecule has 0 amide bonds. The molecule has 1 fully saturated rings. The Morgan fingerprint density at radius 2 is 2.03 bits per heavy atom. The zero-order valence-corrected chi connectivity index (χ0v) is 20.1. The van der Waals surface area contributed by atoms with Crippen LogP contribution in [0.1, 0.15) is 41.1 Å². The molecular weight excluding hydrogens is 474 g/mol. The fraction of sp³-hybridized carbons (Fsp3) is 0.280. The fourth-order valence-electron chi connectivity index (χ4n) is 4.12. The van der Waals surface area contributed by atoms with E-state index in [1.54, 1.807) is 18.5 Å². The first-order valence-electron chi connectivity index (χ1n) is 11.1.